The second-order valence-electron chi connectivity index (χ2n) is 5.11. The molecule has 0 saturated heterocycles. The zero-order valence-corrected chi connectivity index (χ0v) is 13.1. The fourth-order valence-corrected chi connectivity index (χ4v) is 2.28. The van der Waals surface area contributed by atoms with E-state index in [9.17, 15) is 4.79 Å². The minimum absolute atomic E-state index is 0.0746. The van der Waals surface area contributed by atoms with Crippen LogP contribution in [-0.2, 0) is 6.54 Å². The number of amides is 1. The maximum absolute atomic E-state index is 12.0. The van der Waals surface area contributed by atoms with Crippen LogP contribution in [0.5, 0.6) is 0 Å². The largest absolute Gasteiger partial charge is 0.395 e. The first-order valence-corrected chi connectivity index (χ1v) is 7.19. The highest BCUT2D eigenvalue weighted by Gasteiger charge is 2.13. The Kier molecular flexibility index (Phi) is 5.16. The Hall–Kier alpha value is -2.34. The van der Waals surface area contributed by atoms with Gasteiger partial charge in [-0.25, -0.2) is 0 Å². The molecule has 0 radical (unpaired) electrons. The van der Waals surface area contributed by atoms with E-state index in [2.05, 4.69) is 15.8 Å². The van der Waals surface area contributed by atoms with Crippen molar-refractivity contribution in [2.75, 3.05) is 18.5 Å². The van der Waals surface area contributed by atoms with Crippen molar-refractivity contribution in [3.8, 4) is 0 Å². The minimum atomic E-state index is -0.187. The fourth-order valence-electron chi connectivity index (χ4n) is 2.28. The Morgan fingerprint density at radius 1 is 1.32 bits per heavy atom. The topological polar surface area (TPSA) is 87.4 Å². The highest BCUT2D eigenvalue weighted by molar-refractivity contribution is 5.97. The molecule has 0 atom stereocenters. The molecule has 0 aliphatic heterocycles. The Bertz CT molecular complexity index is 645. The van der Waals surface area contributed by atoms with Gasteiger partial charge in [-0.2, -0.15) is 0 Å². The number of benzene rings is 1. The lowest BCUT2D eigenvalue weighted by molar-refractivity contribution is 0.0944. The molecule has 6 nitrogen and oxygen atoms in total. The number of aryl methyl sites for hydroxylation is 2. The van der Waals surface area contributed by atoms with Crippen LogP contribution in [0, 0.1) is 20.8 Å². The highest BCUT2D eigenvalue weighted by Crippen LogP contribution is 2.21. The van der Waals surface area contributed by atoms with Crippen molar-refractivity contribution in [3.63, 3.8) is 0 Å². The fraction of sp³-hybridized carbons (Fsp3) is 0.375. The van der Waals surface area contributed by atoms with Gasteiger partial charge in [0.15, 0.2) is 0 Å². The number of carbonyl (C=O) groups is 1. The first kappa shape index (κ1) is 16.0. The molecule has 0 aliphatic carbocycles. The average Bonchev–Trinajstić information content (AvgIpc) is 2.83. The van der Waals surface area contributed by atoms with E-state index < -0.39 is 0 Å². The zero-order chi connectivity index (χ0) is 16.1. The van der Waals surface area contributed by atoms with E-state index in [4.69, 9.17) is 9.63 Å². The molecule has 2 rings (SSSR count). The van der Waals surface area contributed by atoms with E-state index in [1.165, 1.54) is 0 Å². The molecule has 0 aliphatic rings. The van der Waals surface area contributed by atoms with Gasteiger partial charge in [-0.05, 0) is 38.5 Å². The van der Waals surface area contributed by atoms with Crippen LogP contribution in [-0.4, -0.2) is 29.3 Å². The first-order chi connectivity index (χ1) is 10.5. The number of rotatable bonds is 6. The van der Waals surface area contributed by atoms with Crippen LogP contribution in [0.3, 0.4) is 0 Å². The van der Waals surface area contributed by atoms with Crippen molar-refractivity contribution in [3.05, 3.63) is 46.3 Å². The second kappa shape index (κ2) is 7.09. The van der Waals surface area contributed by atoms with Gasteiger partial charge in [0.05, 0.1) is 12.3 Å². The molecule has 0 fully saturated rings. The molecule has 0 bridgehead atoms. The summed E-state index contributed by atoms with van der Waals surface area (Å²) < 4.78 is 5.14. The van der Waals surface area contributed by atoms with Crippen LogP contribution in [0.15, 0.2) is 22.7 Å². The van der Waals surface area contributed by atoms with E-state index in [0.29, 0.717) is 12.1 Å². The van der Waals surface area contributed by atoms with E-state index in [1.54, 1.807) is 6.07 Å². The number of hydrogen-bond acceptors (Lipinski definition) is 5. The summed E-state index contributed by atoms with van der Waals surface area (Å²) in [4.78, 5) is 12.0. The number of aromatic nitrogens is 1. The van der Waals surface area contributed by atoms with Crippen molar-refractivity contribution in [2.45, 2.75) is 27.3 Å². The first-order valence-electron chi connectivity index (χ1n) is 7.19. The summed E-state index contributed by atoms with van der Waals surface area (Å²) in [6.45, 7) is 6.43. The van der Waals surface area contributed by atoms with Crippen molar-refractivity contribution in [1.82, 2.24) is 10.5 Å². The van der Waals surface area contributed by atoms with Crippen LogP contribution < -0.4 is 10.6 Å². The lowest BCUT2D eigenvalue weighted by Gasteiger charge is -2.13. The van der Waals surface area contributed by atoms with Gasteiger partial charge < -0.3 is 20.3 Å². The van der Waals surface area contributed by atoms with Gasteiger partial charge >= 0.3 is 0 Å². The molecule has 22 heavy (non-hydrogen) atoms. The third-order valence-electron chi connectivity index (χ3n) is 3.61. The Morgan fingerprint density at radius 3 is 2.73 bits per heavy atom. The molecular weight excluding hydrogens is 282 g/mol. The van der Waals surface area contributed by atoms with E-state index in [-0.39, 0.29) is 19.1 Å². The van der Waals surface area contributed by atoms with Crippen LogP contribution in [0.4, 0.5) is 5.69 Å². The summed E-state index contributed by atoms with van der Waals surface area (Å²) in [5.74, 6) is 0.604. The lowest BCUT2D eigenvalue weighted by atomic mass is 10.1. The highest BCUT2D eigenvalue weighted by atomic mass is 16.5. The van der Waals surface area contributed by atoms with Crippen molar-refractivity contribution >= 4 is 11.6 Å². The number of hydrogen-bond donors (Lipinski definition) is 3. The van der Waals surface area contributed by atoms with Gasteiger partial charge in [-0.15, -0.1) is 0 Å². The SMILES string of the molecule is Cc1noc(C)c1CNc1cccc(C(=O)NCCO)c1C. The van der Waals surface area contributed by atoms with Crippen molar-refractivity contribution < 1.29 is 14.4 Å². The third kappa shape index (κ3) is 3.46. The van der Waals surface area contributed by atoms with Gasteiger partial charge in [-0.1, -0.05) is 11.2 Å². The molecule has 1 aromatic heterocycles. The van der Waals surface area contributed by atoms with Gasteiger partial charge in [-0.3, -0.25) is 4.79 Å². The molecule has 0 spiro atoms. The summed E-state index contributed by atoms with van der Waals surface area (Å²) in [5.41, 5.74) is 4.23. The molecule has 1 aromatic carbocycles. The van der Waals surface area contributed by atoms with Crippen LogP contribution in [0.1, 0.15) is 32.9 Å². The molecule has 0 saturated carbocycles. The third-order valence-corrected chi connectivity index (χ3v) is 3.61. The summed E-state index contributed by atoms with van der Waals surface area (Å²) in [6, 6.07) is 5.52. The smallest absolute Gasteiger partial charge is 0.251 e. The number of aliphatic hydroxyl groups is 1. The maximum Gasteiger partial charge on any atom is 0.251 e. The number of nitrogens with one attached hydrogen (secondary N) is 2. The molecule has 118 valence electrons. The number of carbonyl (C=O) groups excluding carboxylic acids is 1. The maximum atomic E-state index is 12.0. The Morgan fingerprint density at radius 2 is 2.09 bits per heavy atom. The average molecular weight is 303 g/mol. The molecule has 0 unspecified atom stereocenters. The number of anilines is 1. The van der Waals surface area contributed by atoms with Gasteiger partial charge in [0.2, 0.25) is 0 Å². The normalized spacial score (nSPS) is 10.5. The van der Waals surface area contributed by atoms with E-state index in [0.717, 1.165) is 28.3 Å². The van der Waals surface area contributed by atoms with E-state index in [1.807, 2.05) is 32.9 Å². The molecule has 3 N–H and O–H groups in total. The summed E-state index contributed by atoms with van der Waals surface area (Å²) >= 11 is 0. The molecule has 2 aromatic rings. The van der Waals surface area contributed by atoms with Crippen molar-refractivity contribution in [2.24, 2.45) is 0 Å². The second-order valence-corrected chi connectivity index (χ2v) is 5.11. The Labute approximate surface area is 129 Å². The van der Waals surface area contributed by atoms with Gasteiger partial charge in [0, 0.05) is 29.9 Å². The van der Waals surface area contributed by atoms with Crippen LogP contribution in [0.2, 0.25) is 0 Å². The molecule has 1 heterocycles. The summed E-state index contributed by atoms with van der Waals surface area (Å²) in [5, 5.41) is 18.7. The van der Waals surface area contributed by atoms with Gasteiger partial charge in [0.25, 0.3) is 5.91 Å². The predicted molar refractivity (Wildman–Crippen MR) is 83.9 cm³/mol. The summed E-state index contributed by atoms with van der Waals surface area (Å²) in [6.07, 6.45) is 0. The Balaban J connectivity index is 2.13. The predicted octanol–water partition coefficient (Wildman–Crippen LogP) is 1.93. The lowest BCUT2D eigenvalue weighted by Crippen LogP contribution is -2.27. The summed E-state index contributed by atoms with van der Waals surface area (Å²) in [7, 11) is 0. The number of nitrogens with zero attached hydrogens (tertiary/aromatic N) is 1. The monoisotopic (exact) mass is 303 g/mol. The van der Waals surface area contributed by atoms with Crippen LogP contribution in [0.25, 0.3) is 0 Å². The van der Waals surface area contributed by atoms with Crippen molar-refractivity contribution in [1.29, 1.82) is 0 Å². The zero-order valence-electron chi connectivity index (χ0n) is 13.1. The number of aliphatic hydroxyl groups excluding tert-OH is 1. The quantitative estimate of drug-likeness (QED) is 0.759. The van der Waals surface area contributed by atoms with E-state index >= 15 is 0 Å². The molecular formula is C16H21N3O3. The van der Waals surface area contributed by atoms with Gasteiger partial charge in [0.1, 0.15) is 5.76 Å². The minimum Gasteiger partial charge on any atom is -0.395 e. The molecule has 1 amide bonds. The van der Waals surface area contributed by atoms with Crippen LogP contribution >= 0.6 is 0 Å². The molecule has 6 heteroatoms. The standard InChI is InChI=1S/C16H21N3O3/c1-10-13(16(21)17-7-8-20)5-4-6-15(10)18-9-14-11(2)19-22-12(14)3/h4-6,18,20H,7-9H2,1-3H3,(H,17,21).